The third-order valence-electron chi connectivity index (χ3n) is 3.56. The Morgan fingerprint density at radius 2 is 1.75 bits per heavy atom. The summed E-state index contributed by atoms with van der Waals surface area (Å²) in [6, 6.07) is 8.12. The molecule has 0 saturated carbocycles. The van der Waals surface area contributed by atoms with E-state index in [-0.39, 0.29) is 21.7 Å². The van der Waals surface area contributed by atoms with Crippen LogP contribution in [-0.2, 0) is 19.1 Å². The fourth-order valence-electron chi connectivity index (χ4n) is 2.28. The predicted molar refractivity (Wildman–Crippen MR) is 95.8 cm³/mol. The van der Waals surface area contributed by atoms with Gasteiger partial charge in [0.2, 0.25) is 0 Å². The average molecular weight is 415 g/mol. The molecule has 150 valence electrons. The molecule has 6 nitrogen and oxygen atoms in total. The molecule has 0 atom stereocenters. The summed E-state index contributed by atoms with van der Waals surface area (Å²) < 4.78 is 70.0. The lowest BCUT2D eigenvalue weighted by Gasteiger charge is -2.13. The van der Waals surface area contributed by atoms with E-state index in [1.54, 1.807) is 6.07 Å². The molecular formula is C18H16F3NO5S. The van der Waals surface area contributed by atoms with Gasteiger partial charge in [0.15, 0.2) is 0 Å². The zero-order chi connectivity index (χ0) is 21.1. The molecule has 0 aliphatic heterocycles. The highest BCUT2D eigenvalue weighted by Gasteiger charge is 2.32. The van der Waals surface area contributed by atoms with Crippen LogP contribution in [0.1, 0.15) is 16.7 Å². The maximum absolute atomic E-state index is 12.4. The van der Waals surface area contributed by atoms with Crippen molar-refractivity contribution in [2.45, 2.75) is 25.1 Å². The van der Waals surface area contributed by atoms with E-state index in [4.69, 9.17) is 5.73 Å². The Morgan fingerprint density at radius 3 is 2.36 bits per heavy atom. The number of nitrogen functional groups attached to an aromatic ring is 1. The number of benzene rings is 2. The number of aryl methyl sites for hydroxylation is 2. The minimum absolute atomic E-state index is 0.0232. The molecule has 0 aromatic heterocycles. The molecule has 0 saturated heterocycles. The summed E-state index contributed by atoms with van der Waals surface area (Å²) in [4.78, 5) is 11.7. The summed E-state index contributed by atoms with van der Waals surface area (Å²) in [6.45, 7) is 2.90. The number of hydrogen-bond acceptors (Lipinski definition) is 6. The Hall–Kier alpha value is -3.01. The molecule has 0 aliphatic rings. The lowest BCUT2D eigenvalue weighted by atomic mass is 10.1. The molecule has 0 aliphatic carbocycles. The SMILES string of the molecule is Cc1cc(N)c(/C=C/C(=O)OS(=O)(=O)c2ccccc2C)cc1OC(F)(F)F. The zero-order valence-electron chi connectivity index (χ0n) is 14.8. The molecule has 2 aromatic carbocycles. The van der Waals surface area contributed by atoms with Gasteiger partial charge in [-0.05, 0) is 49.2 Å². The monoisotopic (exact) mass is 415 g/mol. The fourth-order valence-corrected chi connectivity index (χ4v) is 3.35. The molecule has 0 amide bonds. The van der Waals surface area contributed by atoms with Gasteiger partial charge in [0, 0.05) is 17.3 Å². The molecule has 2 N–H and O–H groups in total. The van der Waals surface area contributed by atoms with Gasteiger partial charge in [-0.2, -0.15) is 8.42 Å². The van der Waals surface area contributed by atoms with Gasteiger partial charge in [-0.15, -0.1) is 13.2 Å². The highest BCUT2D eigenvalue weighted by molar-refractivity contribution is 7.87. The van der Waals surface area contributed by atoms with E-state index < -0.39 is 28.2 Å². The van der Waals surface area contributed by atoms with Crippen LogP contribution in [0.5, 0.6) is 5.75 Å². The van der Waals surface area contributed by atoms with Crippen molar-refractivity contribution in [1.82, 2.24) is 0 Å². The summed E-state index contributed by atoms with van der Waals surface area (Å²) in [7, 11) is -4.35. The maximum atomic E-state index is 12.4. The average Bonchev–Trinajstić information content (AvgIpc) is 2.55. The van der Waals surface area contributed by atoms with Crippen LogP contribution in [-0.4, -0.2) is 20.7 Å². The number of rotatable bonds is 5. The third-order valence-corrected chi connectivity index (χ3v) is 4.94. The smallest absolute Gasteiger partial charge is 0.405 e. The second kappa shape index (κ2) is 7.93. The van der Waals surface area contributed by atoms with Gasteiger partial charge in [-0.25, -0.2) is 4.79 Å². The number of halogens is 3. The fraction of sp³-hybridized carbons (Fsp3) is 0.167. The van der Waals surface area contributed by atoms with Crippen LogP contribution in [0.25, 0.3) is 6.08 Å². The lowest BCUT2D eigenvalue weighted by molar-refractivity contribution is -0.274. The predicted octanol–water partition coefficient (Wildman–Crippen LogP) is 3.73. The van der Waals surface area contributed by atoms with Crippen LogP contribution in [0.15, 0.2) is 47.4 Å². The van der Waals surface area contributed by atoms with Crippen molar-refractivity contribution in [1.29, 1.82) is 0 Å². The van der Waals surface area contributed by atoms with Gasteiger partial charge >= 0.3 is 22.4 Å². The van der Waals surface area contributed by atoms with Gasteiger partial charge in [0.1, 0.15) is 10.6 Å². The van der Waals surface area contributed by atoms with Gasteiger partial charge in [-0.3, -0.25) is 0 Å². The zero-order valence-corrected chi connectivity index (χ0v) is 15.6. The van der Waals surface area contributed by atoms with Gasteiger partial charge in [0.25, 0.3) is 0 Å². The summed E-state index contributed by atoms with van der Waals surface area (Å²) in [5.41, 5.74) is 6.33. The first-order chi connectivity index (χ1) is 12.9. The molecule has 0 radical (unpaired) electrons. The van der Waals surface area contributed by atoms with Crippen molar-refractivity contribution in [2.24, 2.45) is 0 Å². The number of carbonyl (C=O) groups excluding carboxylic acids is 1. The molecule has 0 spiro atoms. The summed E-state index contributed by atoms with van der Waals surface area (Å²) in [6.07, 6.45) is -3.12. The van der Waals surface area contributed by atoms with E-state index in [1.165, 1.54) is 38.1 Å². The standard InChI is InChI=1S/C18H16F3NO5S/c1-11-5-3-4-6-16(11)28(24,25)27-17(23)8-7-13-10-15(26-18(19,20)21)12(2)9-14(13)22/h3-10H,22H2,1-2H3/b8-7+. The molecule has 28 heavy (non-hydrogen) atoms. The number of carbonyl (C=O) groups is 1. The topological polar surface area (TPSA) is 95.7 Å². The van der Waals surface area contributed by atoms with Crippen molar-refractivity contribution in [3.05, 3.63) is 59.2 Å². The van der Waals surface area contributed by atoms with E-state index in [2.05, 4.69) is 8.92 Å². The van der Waals surface area contributed by atoms with Crippen molar-refractivity contribution in [3.63, 3.8) is 0 Å². The first-order valence-electron chi connectivity index (χ1n) is 7.77. The Labute approximate surface area is 159 Å². The third kappa shape index (κ3) is 5.49. The highest BCUT2D eigenvalue weighted by Crippen LogP contribution is 2.30. The molecule has 0 bridgehead atoms. The Morgan fingerprint density at radius 1 is 1.11 bits per heavy atom. The van der Waals surface area contributed by atoms with Crippen molar-refractivity contribution in [2.75, 3.05) is 5.73 Å². The summed E-state index contributed by atoms with van der Waals surface area (Å²) in [5, 5.41) is 0. The molecule has 0 heterocycles. The second-order valence-electron chi connectivity index (χ2n) is 5.75. The molecule has 10 heteroatoms. The molecule has 0 fully saturated rings. The quantitative estimate of drug-likeness (QED) is 0.454. The van der Waals surface area contributed by atoms with E-state index in [0.717, 1.165) is 18.2 Å². The van der Waals surface area contributed by atoms with E-state index in [1.807, 2.05) is 0 Å². The van der Waals surface area contributed by atoms with Gasteiger partial charge < -0.3 is 14.7 Å². The van der Waals surface area contributed by atoms with Crippen molar-refractivity contribution < 1.29 is 35.3 Å². The summed E-state index contributed by atoms with van der Waals surface area (Å²) >= 11 is 0. The maximum Gasteiger partial charge on any atom is 0.573 e. The lowest BCUT2D eigenvalue weighted by Crippen LogP contribution is -2.18. The highest BCUT2D eigenvalue weighted by atomic mass is 32.2. The first-order valence-corrected chi connectivity index (χ1v) is 9.18. The number of alkyl halides is 3. The Kier molecular flexibility index (Phi) is 6.03. The molecular weight excluding hydrogens is 399 g/mol. The molecule has 2 rings (SSSR count). The number of ether oxygens (including phenoxy) is 1. The largest absolute Gasteiger partial charge is 0.573 e. The van der Waals surface area contributed by atoms with Crippen molar-refractivity contribution in [3.8, 4) is 5.75 Å². The minimum Gasteiger partial charge on any atom is -0.405 e. The van der Waals surface area contributed by atoms with Crippen LogP contribution in [0.3, 0.4) is 0 Å². The normalized spacial score (nSPS) is 12.2. The van der Waals surface area contributed by atoms with E-state index in [9.17, 15) is 26.4 Å². The van der Waals surface area contributed by atoms with Crippen molar-refractivity contribution >= 4 is 27.9 Å². The molecule has 0 unspecified atom stereocenters. The van der Waals surface area contributed by atoms with Gasteiger partial charge in [-0.1, -0.05) is 18.2 Å². The number of anilines is 1. The summed E-state index contributed by atoms with van der Waals surface area (Å²) in [5.74, 6) is -1.73. The number of nitrogens with two attached hydrogens (primary N) is 1. The van der Waals surface area contributed by atoms with Crippen LogP contribution in [0.4, 0.5) is 18.9 Å². The Balaban J connectivity index is 2.22. The van der Waals surface area contributed by atoms with Crippen LogP contribution in [0, 0.1) is 13.8 Å². The second-order valence-corrected chi connectivity index (χ2v) is 7.26. The van der Waals surface area contributed by atoms with Crippen LogP contribution >= 0.6 is 0 Å². The number of hydrogen-bond donors (Lipinski definition) is 1. The molecule has 2 aromatic rings. The first kappa shape index (κ1) is 21.3. The minimum atomic E-state index is -4.90. The van der Waals surface area contributed by atoms with Gasteiger partial charge in [0.05, 0.1) is 0 Å². The Bertz CT molecular complexity index is 1030. The van der Waals surface area contributed by atoms with E-state index in [0.29, 0.717) is 5.56 Å². The van der Waals surface area contributed by atoms with Crippen LogP contribution < -0.4 is 10.5 Å². The van der Waals surface area contributed by atoms with E-state index >= 15 is 0 Å². The van der Waals surface area contributed by atoms with Crippen LogP contribution in [0.2, 0.25) is 0 Å².